The maximum Gasteiger partial charge on any atom is 0.120 e. The number of nitrogens with zero attached hydrogens (tertiary/aromatic N) is 3. The van der Waals surface area contributed by atoms with E-state index >= 15 is 0 Å². The first-order chi connectivity index (χ1) is 29.9. The van der Waals surface area contributed by atoms with Gasteiger partial charge in [-0.2, -0.15) is 0 Å². The van der Waals surface area contributed by atoms with Gasteiger partial charge < -0.3 is 14.0 Å². The van der Waals surface area contributed by atoms with Gasteiger partial charge in [0.25, 0.3) is 0 Å². The van der Waals surface area contributed by atoms with Gasteiger partial charge >= 0.3 is 0 Å². The molecular weight excluding hydrogens is 951 g/mol. The van der Waals surface area contributed by atoms with Crippen LogP contribution in [0.5, 0.6) is 0 Å². The number of rotatable bonds is 7. The first-order valence-corrected chi connectivity index (χ1v) is 25.2. The van der Waals surface area contributed by atoms with Crippen LogP contribution in [0.15, 0.2) is 168 Å². The summed E-state index contributed by atoms with van der Waals surface area (Å²) in [6, 6.07) is 61.5. The predicted molar refractivity (Wildman–Crippen MR) is 257 cm³/mol. The monoisotopic (exact) mass is 1000 g/mol. The molecule has 1 aliphatic rings. The summed E-state index contributed by atoms with van der Waals surface area (Å²) < 4.78 is 8.66. The standard InChI is InChI=1S/C35H21N2O.C21H28NSi.Ir/c1-2-10-23(11-3-1)25-21-20-24-12-8-18-31(29(24)22-25)37-32-17-6-5-16-30(32)36-35(37)28-15-9-14-27-26-13-4-7-19-33(26)38-34(27)28;1-23(2,3)21-16-22-20(18-12-8-5-9-13-18)15-19(21)14-17-10-6-4-7-11-17;/h1-14,16-22H;5,8-9,12,15-17H,4,6-7,10-11,14H2,1-3H3;/q2*-1;. The number of fused-ring (bicyclic) bond motifs is 5. The fraction of sp³-hybridized carbons (Fsp3) is 0.179. The summed E-state index contributed by atoms with van der Waals surface area (Å²) in [7, 11) is -1.36. The van der Waals surface area contributed by atoms with Crippen molar-refractivity contribution >= 4 is 57.0 Å². The molecule has 309 valence electrons. The average Bonchev–Trinajstić information content (AvgIpc) is 3.88. The molecule has 0 amide bonds. The van der Waals surface area contributed by atoms with Gasteiger partial charge in [-0.15, -0.1) is 54.1 Å². The van der Waals surface area contributed by atoms with Crippen LogP contribution >= 0.6 is 0 Å². The molecule has 0 N–H and O–H groups in total. The Bertz CT molecular complexity index is 3140. The summed E-state index contributed by atoms with van der Waals surface area (Å²) in [6.07, 6.45) is 10.5. The minimum Gasteiger partial charge on any atom is -0.501 e. The molecule has 4 nitrogen and oxygen atoms in total. The maximum atomic E-state index is 6.40. The van der Waals surface area contributed by atoms with Gasteiger partial charge in [0.1, 0.15) is 5.58 Å². The zero-order chi connectivity index (χ0) is 41.3. The number of hydrogen-bond donors (Lipinski definition) is 0. The summed E-state index contributed by atoms with van der Waals surface area (Å²) in [5.74, 6) is 1.68. The molecule has 10 aromatic rings. The molecule has 0 atom stereocenters. The summed E-state index contributed by atoms with van der Waals surface area (Å²) in [4.78, 5) is 9.91. The van der Waals surface area contributed by atoms with Gasteiger partial charge in [-0.3, -0.25) is 4.98 Å². The third-order valence-electron chi connectivity index (χ3n) is 12.3. The van der Waals surface area contributed by atoms with E-state index in [1.54, 1.807) is 10.8 Å². The van der Waals surface area contributed by atoms with Crippen molar-refractivity contribution in [2.45, 2.75) is 58.2 Å². The van der Waals surface area contributed by atoms with Gasteiger partial charge in [-0.05, 0) is 70.1 Å². The summed E-state index contributed by atoms with van der Waals surface area (Å²) in [5, 5.41) is 6.05. The van der Waals surface area contributed by atoms with Crippen molar-refractivity contribution in [3.05, 3.63) is 182 Å². The summed E-state index contributed by atoms with van der Waals surface area (Å²) >= 11 is 0. The molecule has 0 spiro atoms. The summed E-state index contributed by atoms with van der Waals surface area (Å²) in [5.41, 5.74) is 11.7. The van der Waals surface area contributed by atoms with Crippen molar-refractivity contribution in [1.29, 1.82) is 0 Å². The Balaban J connectivity index is 0.000000176. The molecule has 0 aliphatic heterocycles. The van der Waals surface area contributed by atoms with Gasteiger partial charge in [0.05, 0.1) is 30.5 Å². The Hall–Kier alpha value is -5.91. The first-order valence-electron chi connectivity index (χ1n) is 21.7. The molecule has 1 fully saturated rings. The third kappa shape index (κ3) is 8.23. The smallest absolute Gasteiger partial charge is 0.120 e. The van der Waals surface area contributed by atoms with Crippen molar-refractivity contribution in [3.8, 4) is 39.5 Å². The van der Waals surface area contributed by atoms with Crippen LogP contribution in [-0.4, -0.2) is 22.6 Å². The quantitative estimate of drug-likeness (QED) is 0.118. The Labute approximate surface area is 379 Å². The molecule has 1 radical (unpaired) electrons. The number of furan rings is 1. The van der Waals surface area contributed by atoms with Crippen molar-refractivity contribution < 1.29 is 24.5 Å². The van der Waals surface area contributed by atoms with Gasteiger partial charge in [-0.1, -0.05) is 159 Å². The Kier molecular flexibility index (Phi) is 11.9. The van der Waals surface area contributed by atoms with E-state index in [4.69, 9.17) is 14.4 Å². The number of imidazole rings is 1. The van der Waals surface area contributed by atoms with Gasteiger partial charge in [0.15, 0.2) is 0 Å². The van der Waals surface area contributed by atoms with Crippen LogP contribution in [0, 0.1) is 18.1 Å². The number of para-hydroxylation sites is 3. The molecule has 1 saturated carbocycles. The normalized spacial score (nSPS) is 13.3. The fourth-order valence-electron chi connectivity index (χ4n) is 9.30. The fourth-order valence-corrected chi connectivity index (χ4v) is 10.9. The van der Waals surface area contributed by atoms with E-state index in [-0.39, 0.29) is 20.1 Å². The van der Waals surface area contributed by atoms with Crippen molar-refractivity contribution in [3.63, 3.8) is 0 Å². The van der Waals surface area contributed by atoms with Crippen LogP contribution < -0.4 is 5.19 Å². The van der Waals surface area contributed by atoms with E-state index in [0.717, 1.165) is 72.6 Å². The number of hydrogen-bond acceptors (Lipinski definition) is 3. The zero-order valence-corrected chi connectivity index (χ0v) is 38.9. The summed E-state index contributed by atoms with van der Waals surface area (Å²) in [6.45, 7) is 7.30. The number of pyridine rings is 1. The molecule has 3 heterocycles. The first kappa shape index (κ1) is 41.4. The van der Waals surface area contributed by atoms with E-state index in [9.17, 15) is 0 Å². The van der Waals surface area contributed by atoms with E-state index in [1.807, 2.05) is 42.5 Å². The van der Waals surface area contributed by atoms with Gasteiger partial charge in [-0.25, -0.2) is 0 Å². The Morgan fingerprint density at radius 2 is 1.47 bits per heavy atom. The van der Waals surface area contributed by atoms with Crippen LogP contribution in [0.4, 0.5) is 0 Å². The van der Waals surface area contributed by atoms with Crippen LogP contribution in [-0.2, 0) is 26.5 Å². The predicted octanol–water partition coefficient (Wildman–Crippen LogP) is 14.4. The molecule has 6 heteroatoms. The SMILES string of the molecule is C[Si](C)(C)c1cnc(-c2[c-]cccc2)cc1CC1CCCCC1.[Ir].[c-]1ccc2c(oc3ccccc32)c1-c1nc2ccccc2n1-c1cccc2ccc(-c3ccccc3)cc12. The van der Waals surface area contributed by atoms with Gasteiger partial charge in [0, 0.05) is 42.8 Å². The van der Waals surface area contributed by atoms with E-state index in [2.05, 4.69) is 158 Å². The van der Waals surface area contributed by atoms with Crippen molar-refractivity contribution in [2.75, 3.05) is 0 Å². The molecule has 0 bridgehead atoms. The minimum absolute atomic E-state index is 0. The second-order valence-electron chi connectivity index (χ2n) is 17.5. The number of benzene rings is 7. The van der Waals surface area contributed by atoms with Gasteiger partial charge in [0.2, 0.25) is 0 Å². The van der Waals surface area contributed by atoms with E-state index in [1.165, 1.54) is 55.0 Å². The third-order valence-corrected chi connectivity index (χ3v) is 14.4. The largest absolute Gasteiger partial charge is 0.501 e. The maximum absolute atomic E-state index is 6.40. The Morgan fingerprint density at radius 1 is 0.677 bits per heavy atom. The molecule has 7 aromatic carbocycles. The molecular formula is C56H49IrN3OSi-2. The van der Waals surface area contributed by atoms with Crippen LogP contribution in [0.25, 0.3) is 83.2 Å². The molecule has 3 aromatic heterocycles. The average molecular weight is 1000 g/mol. The molecule has 0 saturated heterocycles. The van der Waals surface area contributed by atoms with Crippen molar-refractivity contribution in [2.24, 2.45) is 5.92 Å². The van der Waals surface area contributed by atoms with Crippen LogP contribution in [0.3, 0.4) is 0 Å². The van der Waals surface area contributed by atoms with Crippen LogP contribution in [0.1, 0.15) is 37.7 Å². The molecule has 0 unspecified atom stereocenters. The topological polar surface area (TPSA) is 43.9 Å². The second-order valence-corrected chi connectivity index (χ2v) is 22.5. The minimum atomic E-state index is -1.36. The second kappa shape index (κ2) is 17.8. The molecule has 62 heavy (non-hydrogen) atoms. The van der Waals surface area contributed by atoms with Crippen molar-refractivity contribution in [1.82, 2.24) is 14.5 Å². The zero-order valence-electron chi connectivity index (χ0n) is 35.5. The van der Waals surface area contributed by atoms with E-state index < -0.39 is 8.07 Å². The molecule has 11 rings (SSSR count). The Morgan fingerprint density at radius 3 is 2.29 bits per heavy atom. The number of aromatic nitrogens is 3. The molecule has 1 aliphatic carbocycles. The van der Waals surface area contributed by atoms with Crippen LogP contribution in [0.2, 0.25) is 19.6 Å². The van der Waals surface area contributed by atoms with E-state index in [0.29, 0.717) is 0 Å².